The van der Waals surface area contributed by atoms with Crippen LogP contribution in [0.2, 0.25) is 0 Å². The molecular weight excluding hydrogens is 578 g/mol. The van der Waals surface area contributed by atoms with Crippen LogP contribution in [-0.2, 0) is 31.3 Å². The third-order valence-electron chi connectivity index (χ3n) is 8.93. The molecule has 0 N–H and O–H groups in total. The smallest absolute Gasteiger partial charge is 0.277 e. The van der Waals surface area contributed by atoms with Gasteiger partial charge in [0.05, 0.1) is 24.2 Å². The first-order chi connectivity index (χ1) is 20.1. The van der Waals surface area contributed by atoms with E-state index in [1.807, 2.05) is 30.3 Å². The summed E-state index contributed by atoms with van der Waals surface area (Å²) in [7, 11) is -7.11. The fraction of sp³-hybridized carbons (Fsp3) is 0.467. The van der Waals surface area contributed by atoms with Crippen molar-refractivity contribution in [2.24, 2.45) is 5.92 Å². The predicted octanol–water partition coefficient (Wildman–Crippen LogP) is 3.81. The zero-order valence-electron chi connectivity index (χ0n) is 23.6. The van der Waals surface area contributed by atoms with Crippen molar-refractivity contribution >= 4 is 48.2 Å². The standard InChI is InChI=1S/C30H35N3O7S2/c1-41(36,37)31-16-12-21(13-17-31)14-18-32-26-11-10-22(23-6-4-7-24(29(23)26)30(32)35)20-27(34)25-8-2-3-15-33(25)42(38,39)28-9-5-19-40-28/h4-7,9-11,19,21,25H,2-3,8,12-18,20H2,1H3. The third kappa shape index (κ3) is 5.29. The van der Waals surface area contributed by atoms with E-state index in [9.17, 15) is 26.4 Å². The normalized spacial score (nSPS) is 20.9. The van der Waals surface area contributed by atoms with Gasteiger partial charge >= 0.3 is 0 Å². The van der Waals surface area contributed by atoms with Crippen LogP contribution in [0.25, 0.3) is 10.8 Å². The van der Waals surface area contributed by atoms with Gasteiger partial charge in [-0.25, -0.2) is 21.1 Å². The van der Waals surface area contributed by atoms with Gasteiger partial charge in [0.25, 0.3) is 15.9 Å². The second kappa shape index (κ2) is 11.2. The lowest BCUT2D eigenvalue weighted by Gasteiger charge is -2.33. The van der Waals surface area contributed by atoms with Gasteiger partial charge in [0.15, 0.2) is 5.78 Å². The van der Waals surface area contributed by atoms with Gasteiger partial charge in [-0.3, -0.25) is 9.59 Å². The van der Waals surface area contributed by atoms with E-state index in [4.69, 9.17) is 4.42 Å². The first kappa shape index (κ1) is 29.0. The van der Waals surface area contributed by atoms with Crippen LogP contribution >= 0.6 is 0 Å². The van der Waals surface area contributed by atoms with Crippen molar-refractivity contribution in [2.75, 3.05) is 37.3 Å². The van der Waals surface area contributed by atoms with Gasteiger partial charge in [0, 0.05) is 43.5 Å². The minimum absolute atomic E-state index is 0.0577. The van der Waals surface area contributed by atoms with E-state index < -0.39 is 26.1 Å². The number of carbonyl (C=O) groups is 2. The molecule has 0 aliphatic carbocycles. The summed E-state index contributed by atoms with van der Waals surface area (Å²) in [6, 6.07) is 11.5. The topological polar surface area (TPSA) is 125 Å². The number of amides is 1. The van der Waals surface area contributed by atoms with Gasteiger partial charge in [-0.2, -0.15) is 4.31 Å². The van der Waals surface area contributed by atoms with Crippen molar-refractivity contribution in [1.29, 1.82) is 0 Å². The van der Waals surface area contributed by atoms with E-state index >= 15 is 0 Å². The Kier molecular flexibility index (Phi) is 7.75. The molecule has 12 heteroatoms. The Bertz CT molecular complexity index is 1730. The number of nitrogens with zero attached hydrogens (tertiary/aromatic N) is 3. The molecule has 224 valence electrons. The van der Waals surface area contributed by atoms with Crippen LogP contribution in [0.5, 0.6) is 0 Å². The van der Waals surface area contributed by atoms with Crippen molar-refractivity contribution in [3.05, 3.63) is 59.9 Å². The molecule has 2 aromatic carbocycles. The quantitative estimate of drug-likeness (QED) is 0.359. The molecule has 4 heterocycles. The van der Waals surface area contributed by atoms with Crippen LogP contribution in [0.15, 0.2) is 58.2 Å². The van der Waals surface area contributed by atoms with E-state index in [-0.39, 0.29) is 29.7 Å². The fourth-order valence-corrected chi connectivity index (χ4v) is 9.13. The van der Waals surface area contributed by atoms with E-state index in [1.54, 1.807) is 4.90 Å². The molecule has 10 nitrogen and oxygen atoms in total. The molecule has 0 radical (unpaired) electrons. The number of hydrogen-bond donors (Lipinski definition) is 0. The molecule has 1 aromatic heterocycles. The number of carbonyl (C=O) groups excluding carboxylic acids is 2. The number of anilines is 1. The molecule has 3 aromatic rings. The van der Waals surface area contributed by atoms with Crippen LogP contribution in [0.3, 0.4) is 0 Å². The number of hydrogen-bond acceptors (Lipinski definition) is 7. The summed E-state index contributed by atoms with van der Waals surface area (Å²) in [4.78, 5) is 28.9. The molecule has 0 spiro atoms. The van der Waals surface area contributed by atoms with Gasteiger partial charge in [0.2, 0.25) is 15.1 Å². The maximum atomic E-state index is 13.7. The van der Waals surface area contributed by atoms with E-state index in [1.165, 1.54) is 33.3 Å². The zero-order chi connectivity index (χ0) is 29.6. The molecule has 1 unspecified atom stereocenters. The lowest BCUT2D eigenvalue weighted by atomic mass is 9.93. The molecule has 0 saturated carbocycles. The molecule has 3 aliphatic rings. The van der Waals surface area contributed by atoms with Crippen molar-refractivity contribution in [2.45, 2.75) is 56.1 Å². The summed E-state index contributed by atoms with van der Waals surface area (Å²) in [5.41, 5.74) is 2.18. The number of ketones is 1. The highest BCUT2D eigenvalue weighted by atomic mass is 32.2. The Morgan fingerprint density at radius 1 is 0.952 bits per heavy atom. The summed E-state index contributed by atoms with van der Waals surface area (Å²) in [5, 5.41) is 1.49. The highest BCUT2D eigenvalue weighted by molar-refractivity contribution is 7.89. The molecule has 2 saturated heterocycles. The Morgan fingerprint density at radius 3 is 2.45 bits per heavy atom. The van der Waals surface area contributed by atoms with Crippen LogP contribution in [0.4, 0.5) is 5.69 Å². The van der Waals surface area contributed by atoms with E-state index in [2.05, 4.69) is 0 Å². The summed E-state index contributed by atoms with van der Waals surface area (Å²) >= 11 is 0. The summed E-state index contributed by atoms with van der Waals surface area (Å²) in [5.74, 6) is 0.0885. The average molecular weight is 614 g/mol. The van der Waals surface area contributed by atoms with Crippen LogP contribution < -0.4 is 4.90 Å². The SMILES string of the molecule is CS(=O)(=O)N1CCC(CCN2C(=O)c3cccc4c(CC(=O)C5CCCCN5S(=O)(=O)c5ccco5)ccc2c34)CC1. The minimum Gasteiger partial charge on any atom is -0.452 e. The number of Topliss-reactive ketones (excluding diaryl/α,β-unsaturated/α-hetero) is 1. The first-order valence-electron chi connectivity index (χ1n) is 14.5. The number of sulfonamides is 2. The van der Waals surface area contributed by atoms with Crippen LogP contribution in [-0.4, -0.2) is 75.6 Å². The maximum absolute atomic E-state index is 13.7. The maximum Gasteiger partial charge on any atom is 0.277 e. The number of rotatable bonds is 9. The number of furan rings is 1. The number of benzene rings is 2. The second-order valence-electron chi connectivity index (χ2n) is 11.5. The summed E-state index contributed by atoms with van der Waals surface area (Å²) in [6.45, 7) is 1.81. The van der Waals surface area contributed by atoms with Crippen LogP contribution in [0.1, 0.15) is 54.4 Å². The van der Waals surface area contributed by atoms with E-state index in [0.717, 1.165) is 47.7 Å². The van der Waals surface area contributed by atoms with Crippen molar-refractivity contribution in [3.8, 4) is 0 Å². The minimum atomic E-state index is -3.93. The van der Waals surface area contributed by atoms with E-state index in [0.29, 0.717) is 44.0 Å². The largest absolute Gasteiger partial charge is 0.452 e. The predicted molar refractivity (Wildman–Crippen MR) is 158 cm³/mol. The highest BCUT2D eigenvalue weighted by Gasteiger charge is 2.39. The Labute approximate surface area is 246 Å². The zero-order valence-corrected chi connectivity index (χ0v) is 25.2. The summed E-state index contributed by atoms with van der Waals surface area (Å²) in [6.07, 6.45) is 6.83. The Balaban J connectivity index is 1.20. The van der Waals surface area contributed by atoms with Gasteiger partial charge in [-0.05, 0) is 73.2 Å². The molecule has 0 bridgehead atoms. The van der Waals surface area contributed by atoms with Crippen molar-refractivity contribution in [1.82, 2.24) is 8.61 Å². The third-order valence-corrected chi connectivity index (χ3v) is 12.0. The van der Waals surface area contributed by atoms with Gasteiger partial charge < -0.3 is 9.32 Å². The van der Waals surface area contributed by atoms with Gasteiger partial charge in [0.1, 0.15) is 0 Å². The molecule has 42 heavy (non-hydrogen) atoms. The Hall–Kier alpha value is -3.06. The Morgan fingerprint density at radius 2 is 1.74 bits per heavy atom. The molecule has 1 amide bonds. The van der Waals surface area contributed by atoms with Crippen molar-refractivity contribution in [3.63, 3.8) is 0 Å². The lowest BCUT2D eigenvalue weighted by molar-refractivity contribution is -0.122. The molecule has 2 fully saturated rings. The van der Waals surface area contributed by atoms with Crippen LogP contribution in [0, 0.1) is 5.92 Å². The fourth-order valence-electron chi connectivity index (χ4n) is 6.67. The monoisotopic (exact) mass is 613 g/mol. The van der Waals surface area contributed by atoms with Crippen molar-refractivity contribution < 1.29 is 30.8 Å². The molecule has 6 rings (SSSR count). The molecular formula is C30H35N3O7S2. The van der Waals surface area contributed by atoms with Gasteiger partial charge in [-0.1, -0.05) is 24.6 Å². The average Bonchev–Trinajstić information content (AvgIpc) is 3.62. The number of piperidine rings is 2. The lowest BCUT2D eigenvalue weighted by Crippen LogP contribution is -2.48. The summed E-state index contributed by atoms with van der Waals surface area (Å²) < 4.78 is 58.2. The molecule has 1 atom stereocenters. The molecule has 3 aliphatic heterocycles. The highest BCUT2D eigenvalue weighted by Crippen LogP contribution is 2.40. The second-order valence-corrected chi connectivity index (χ2v) is 15.3. The first-order valence-corrected chi connectivity index (χ1v) is 17.7. The van der Waals surface area contributed by atoms with Gasteiger partial charge in [-0.15, -0.1) is 0 Å².